The third-order valence-corrected chi connectivity index (χ3v) is 3.98. The standard InChI is InChI=1S/C18H20N2O/c1-5-12-9-11(3)14-7-8-15-16(21-4)10-13(6-2)20-18(15)17(14)19-12/h7-10H,5-6H2,1-4H3. The topological polar surface area (TPSA) is 35.0 Å². The Labute approximate surface area is 125 Å². The Morgan fingerprint density at radius 2 is 1.48 bits per heavy atom. The first-order valence-electron chi connectivity index (χ1n) is 7.44. The first-order valence-corrected chi connectivity index (χ1v) is 7.44. The fraction of sp³-hybridized carbons (Fsp3) is 0.333. The summed E-state index contributed by atoms with van der Waals surface area (Å²) in [6.07, 6.45) is 1.81. The minimum atomic E-state index is 0.875. The molecule has 108 valence electrons. The predicted molar refractivity (Wildman–Crippen MR) is 87.1 cm³/mol. The van der Waals surface area contributed by atoms with Crippen molar-refractivity contribution >= 4 is 21.8 Å². The molecule has 0 atom stereocenters. The summed E-state index contributed by atoms with van der Waals surface area (Å²) < 4.78 is 5.54. The number of nitrogens with zero attached hydrogens (tertiary/aromatic N) is 2. The zero-order chi connectivity index (χ0) is 15.0. The number of benzene rings is 1. The minimum absolute atomic E-state index is 0.875. The van der Waals surface area contributed by atoms with Crippen molar-refractivity contribution in [1.82, 2.24) is 9.97 Å². The fourth-order valence-corrected chi connectivity index (χ4v) is 2.76. The van der Waals surface area contributed by atoms with Gasteiger partial charge in [0, 0.05) is 28.2 Å². The van der Waals surface area contributed by atoms with Gasteiger partial charge in [0.1, 0.15) is 11.3 Å². The first kappa shape index (κ1) is 13.8. The average molecular weight is 280 g/mol. The van der Waals surface area contributed by atoms with Gasteiger partial charge in [0.15, 0.2) is 0 Å². The van der Waals surface area contributed by atoms with Crippen LogP contribution in [0.15, 0.2) is 24.3 Å². The van der Waals surface area contributed by atoms with Crippen LogP contribution in [0.1, 0.15) is 30.8 Å². The third kappa shape index (κ3) is 2.23. The molecule has 0 spiro atoms. The van der Waals surface area contributed by atoms with Gasteiger partial charge in [-0.25, -0.2) is 0 Å². The Kier molecular flexibility index (Phi) is 3.50. The quantitative estimate of drug-likeness (QED) is 0.674. The number of pyridine rings is 2. The molecule has 3 nitrogen and oxygen atoms in total. The molecule has 3 heteroatoms. The van der Waals surface area contributed by atoms with Crippen LogP contribution in [0.3, 0.4) is 0 Å². The Morgan fingerprint density at radius 1 is 0.905 bits per heavy atom. The van der Waals surface area contributed by atoms with Gasteiger partial charge in [-0.2, -0.15) is 0 Å². The molecule has 0 saturated carbocycles. The molecule has 0 fully saturated rings. The highest BCUT2D eigenvalue weighted by Crippen LogP contribution is 2.31. The van der Waals surface area contributed by atoms with Crippen LogP contribution in [0.2, 0.25) is 0 Å². The summed E-state index contributed by atoms with van der Waals surface area (Å²) in [5.74, 6) is 0.875. The van der Waals surface area contributed by atoms with Crippen molar-refractivity contribution < 1.29 is 4.74 Å². The number of fused-ring (bicyclic) bond motifs is 3. The molecule has 21 heavy (non-hydrogen) atoms. The van der Waals surface area contributed by atoms with Crippen LogP contribution in [0, 0.1) is 6.92 Å². The van der Waals surface area contributed by atoms with Gasteiger partial charge in [-0.15, -0.1) is 0 Å². The second kappa shape index (κ2) is 5.32. The molecule has 0 bridgehead atoms. The lowest BCUT2D eigenvalue weighted by Crippen LogP contribution is -1.97. The van der Waals surface area contributed by atoms with E-state index in [-0.39, 0.29) is 0 Å². The molecule has 0 unspecified atom stereocenters. The molecular formula is C18H20N2O. The Balaban J connectivity index is 2.48. The second-order valence-electron chi connectivity index (χ2n) is 5.31. The van der Waals surface area contributed by atoms with Gasteiger partial charge in [-0.05, 0) is 37.5 Å². The maximum atomic E-state index is 5.54. The van der Waals surface area contributed by atoms with Crippen molar-refractivity contribution in [3.05, 3.63) is 41.2 Å². The third-order valence-electron chi connectivity index (χ3n) is 3.98. The van der Waals surface area contributed by atoms with Crippen LogP contribution in [-0.2, 0) is 12.8 Å². The summed E-state index contributed by atoms with van der Waals surface area (Å²) in [5.41, 5.74) is 5.32. The summed E-state index contributed by atoms with van der Waals surface area (Å²) in [5, 5.41) is 2.20. The van der Waals surface area contributed by atoms with Crippen molar-refractivity contribution in [2.75, 3.05) is 7.11 Å². The summed E-state index contributed by atoms with van der Waals surface area (Å²) in [6, 6.07) is 8.39. The van der Waals surface area contributed by atoms with Crippen LogP contribution in [-0.4, -0.2) is 17.1 Å². The van der Waals surface area contributed by atoms with Gasteiger partial charge in [0.2, 0.25) is 0 Å². The average Bonchev–Trinajstić information content (AvgIpc) is 2.53. The minimum Gasteiger partial charge on any atom is -0.496 e. The van der Waals surface area contributed by atoms with Gasteiger partial charge in [0.25, 0.3) is 0 Å². The molecule has 3 rings (SSSR count). The predicted octanol–water partition coefficient (Wildman–Crippen LogP) is 4.22. The lowest BCUT2D eigenvalue weighted by molar-refractivity contribution is 0.419. The van der Waals surface area contributed by atoms with E-state index >= 15 is 0 Å². The summed E-state index contributed by atoms with van der Waals surface area (Å²) >= 11 is 0. The van der Waals surface area contributed by atoms with Crippen molar-refractivity contribution in [2.45, 2.75) is 33.6 Å². The van der Waals surface area contributed by atoms with Gasteiger partial charge < -0.3 is 4.74 Å². The first-order chi connectivity index (χ1) is 10.2. The highest BCUT2D eigenvalue weighted by molar-refractivity contribution is 6.06. The summed E-state index contributed by atoms with van der Waals surface area (Å²) in [7, 11) is 1.71. The number of methoxy groups -OCH3 is 1. The van der Waals surface area contributed by atoms with Gasteiger partial charge in [-0.1, -0.05) is 19.9 Å². The molecule has 0 saturated heterocycles. The lowest BCUT2D eigenvalue weighted by Gasteiger charge is -2.11. The van der Waals surface area contributed by atoms with Crippen LogP contribution >= 0.6 is 0 Å². The van der Waals surface area contributed by atoms with Gasteiger partial charge in [0.05, 0.1) is 12.6 Å². The van der Waals surface area contributed by atoms with E-state index < -0.39 is 0 Å². The Bertz CT molecular complexity index is 824. The Hall–Kier alpha value is -2.16. The normalized spacial score (nSPS) is 11.2. The van der Waals surface area contributed by atoms with Crippen molar-refractivity contribution in [3.63, 3.8) is 0 Å². The highest BCUT2D eigenvalue weighted by Gasteiger charge is 2.12. The van der Waals surface area contributed by atoms with E-state index in [9.17, 15) is 0 Å². The van der Waals surface area contributed by atoms with Crippen molar-refractivity contribution in [2.24, 2.45) is 0 Å². The summed E-state index contributed by atoms with van der Waals surface area (Å²) in [4.78, 5) is 9.62. The molecule has 2 aromatic heterocycles. The van der Waals surface area contributed by atoms with Crippen LogP contribution < -0.4 is 4.74 Å². The molecule has 0 aliphatic carbocycles. The maximum Gasteiger partial charge on any atom is 0.130 e. The van der Waals surface area contributed by atoms with E-state index in [0.29, 0.717) is 0 Å². The molecule has 0 aliphatic rings. The van der Waals surface area contributed by atoms with Crippen molar-refractivity contribution in [1.29, 1.82) is 0 Å². The zero-order valence-electron chi connectivity index (χ0n) is 13.0. The Morgan fingerprint density at radius 3 is 2.10 bits per heavy atom. The molecule has 1 aromatic carbocycles. The number of aryl methyl sites for hydroxylation is 3. The van der Waals surface area contributed by atoms with E-state index in [1.54, 1.807) is 7.11 Å². The van der Waals surface area contributed by atoms with E-state index in [2.05, 4.69) is 39.0 Å². The number of hydrogen-bond acceptors (Lipinski definition) is 3. The molecule has 0 radical (unpaired) electrons. The molecule has 0 N–H and O–H groups in total. The number of ether oxygens (including phenoxy) is 1. The molecule has 3 aromatic rings. The van der Waals surface area contributed by atoms with Gasteiger partial charge >= 0.3 is 0 Å². The van der Waals surface area contributed by atoms with Crippen LogP contribution in [0.25, 0.3) is 21.8 Å². The second-order valence-corrected chi connectivity index (χ2v) is 5.31. The monoisotopic (exact) mass is 280 g/mol. The van der Waals surface area contributed by atoms with Crippen LogP contribution in [0.5, 0.6) is 5.75 Å². The molecular weight excluding hydrogens is 260 g/mol. The SMILES string of the molecule is CCc1cc(C)c2ccc3c(OC)cc(CC)nc3c2n1. The summed E-state index contributed by atoms with van der Waals surface area (Å²) in [6.45, 7) is 6.37. The van der Waals surface area contributed by atoms with Crippen LogP contribution in [0.4, 0.5) is 0 Å². The smallest absolute Gasteiger partial charge is 0.130 e. The van der Waals surface area contributed by atoms with E-state index in [1.807, 2.05) is 6.07 Å². The van der Waals surface area contributed by atoms with E-state index in [4.69, 9.17) is 14.7 Å². The number of aromatic nitrogens is 2. The number of rotatable bonds is 3. The lowest BCUT2D eigenvalue weighted by atomic mass is 10.0. The van der Waals surface area contributed by atoms with Crippen molar-refractivity contribution in [3.8, 4) is 5.75 Å². The number of hydrogen-bond donors (Lipinski definition) is 0. The highest BCUT2D eigenvalue weighted by atomic mass is 16.5. The van der Waals surface area contributed by atoms with E-state index in [0.717, 1.165) is 46.4 Å². The van der Waals surface area contributed by atoms with E-state index in [1.165, 1.54) is 10.9 Å². The molecule has 2 heterocycles. The van der Waals surface area contributed by atoms with Gasteiger partial charge in [-0.3, -0.25) is 9.97 Å². The largest absolute Gasteiger partial charge is 0.496 e. The zero-order valence-corrected chi connectivity index (χ0v) is 13.0. The maximum absolute atomic E-state index is 5.54. The fourth-order valence-electron chi connectivity index (χ4n) is 2.76. The molecule has 0 amide bonds. The molecule has 0 aliphatic heterocycles.